The molecule has 1 saturated heterocycles. The maximum atomic E-state index is 12.6. The first-order valence-electron chi connectivity index (χ1n) is 10.4. The van der Waals surface area contributed by atoms with Crippen molar-refractivity contribution in [1.82, 2.24) is 5.32 Å². The molecule has 0 bridgehead atoms. The molecule has 0 radical (unpaired) electrons. The zero-order valence-electron chi connectivity index (χ0n) is 17.9. The van der Waals surface area contributed by atoms with Gasteiger partial charge in [-0.05, 0) is 38.2 Å². The van der Waals surface area contributed by atoms with Gasteiger partial charge in [-0.3, -0.25) is 19.7 Å². The van der Waals surface area contributed by atoms with Crippen LogP contribution in [0.3, 0.4) is 0 Å². The van der Waals surface area contributed by atoms with Crippen LogP contribution >= 0.6 is 0 Å². The maximum absolute atomic E-state index is 12.6. The van der Waals surface area contributed by atoms with E-state index in [-0.39, 0.29) is 30.2 Å². The molecule has 0 saturated carbocycles. The number of esters is 2. The zero-order chi connectivity index (χ0) is 22.8. The molecule has 2 rings (SSSR count). The normalized spacial score (nSPS) is 14.1. The van der Waals surface area contributed by atoms with E-state index in [1.165, 1.54) is 12.1 Å². The van der Waals surface area contributed by atoms with Crippen molar-refractivity contribution in [1.29, 1.82) is 0 Å². The molecular weight excluding hydrogens is 406 g/mol. The van der Waals surface area contributed by atoms with E-state index in [1.807, 2.05) is 4.90 Å². The fraction of sp³-hybridized carbons (Fsp3) is 0.571. The largest absolute Gasteiger partial charge is 0.466 e. The third-order valence-electron chi connectivity index (χ3n) is 5.05. The lowest BCUT2D eigenvalue weighted by Gasteiger charge is -2.33. The molecule has 170 valence electrons. The van der Waals surface area contributed by atoms with Crippen LogP contribution < -0.4 is 10.2 Å². The third-order valence-corrected chi connectivity index (χ3v) is 5.05. The van der Waals surface area contributed by atoms with E-state index < -0.39 is 23.4 Å². The number of rotatable bonds is 10. The van der Waals surface area contributed by atoms with Crippen LogP contribution in [0, 0.1) is 16.0 Å². The highest BCUT2D eigenvalue weighted by molar-refractivity contribution is 5.97. The number of nitrogens with one attached hydrogen (secondary N) is 1. The van der Waals surface area contributed by atoms with Gasteiger partial charge in [0, 0.05) is 38.2 Å². The van der Waals surface area contributed by atoms with Crippen LogP contribution in [0.5, 0.6) is 0 Å². The molecule has 0 aromatic heterocycles. The van der Waals surface area contributed by atoms with Gasteiger partial charge >= 0.3 is 11.9 Å². The summed E-state index contributed by atoms with van der Waals surface area (Å²) in [6.07, 6.45) is 2.50. The zero-order valence-corrected chi connectivity index (χ0v) is 17.9. The van der Waals surface area contributed by atoms with E-state index in [1.54, 1.807) is 13.0 Å². The van der Waals surface area contributed by atoms with Gasteiger partial charge in [0.05, 0.1) is 22.8 Å². The predicted octanol–water partition coefficient (Wildman–Crippen LogP) is 2.45. The topological polar surface area (TPSA) is 128 Å². The number of nitro benzene ring substituents is 1. The predicted molar refractivity (Wildman–Crippen MR) is 113 cm³/mol. The van der Waals surface area contributed by atoms with Crippen LogP contribution in [0.4, 0.5) is 11.4 Å². The SMILES string of the molecule is CCOC(=O)CCCNC(=O)COC(=O)c1cc([N+](=O)[O-])ccc1N1CCC(C)CC1. The van der Waals surface area contributed by atoms with Crippen LogP contribution in [0.2, 0.25) is 0 Å². The fourth-order valence-electron chi connectivity index (χ4n) is 3.28. The van der Waals surface area contributed by atoms with E-state index in [0.717, 1.165) is 25.9 Å². The Bertz CT molecular complexity index is 804. The minimum absolute atomic E-state index is 0.0684. The summed E-state index contributed by atoms with van der Waals surface area (Å²) in [5, 5.41) is 13.7. The number of anilines is 1. The van der Waals surface area contributed by atoms with Crippen molar-refractivity contribution in [2.24, 2.45) is 5.92 Å². The van der Waals surface area contributed by atoms with Crippen molar-refractivity contribution in [3.63, 3.8) is 0 Å². The summed E-state index contributed by atoms with van der Waals surface area (Å²) >= 11 is 0. The van der Waals surface area contributed by atoms with E-state index in [4.69, 9.17) is 9.47 Å². The first-order valence-corrected chi connectivity index (χ1v) is 10.4. The molecule has 31 heavy (non-hydrogen) atoms. The first kappa shape index (κ1) is 24.1. The first-order chi connectivity index (χ1) is 14.8. The van der Waals surface area contributed by atoms with Gasteiger partial charge in [-0.15, -0.1) is 0 Å². The van der Waals surface area contributed by atoms with Gasteiger partial charge in [-0.2, -0.15) is 0 Å². The van der Waals surface area contributed by atoms with E-state index >= 15 is 0 Å². The lowest BCUT2D eigenvalue weighted by Crippen LogP contribution is -2.34. The number of amides is 1. The molecule has 0 unspecified atom stereocenters. The van der Waals surface area contributed by atoms with Crippen molar-refractivity contribution < 1.29 is 28.8 Å². The van der Waals surface area contributed by atoms with Gasteiger partial charge in [-0.1, -0.05) is 6.92 Å². The van der Waals surface area contributed by atoms with Gasteiger partial charge < -0.3 is 19.7 Å². The van der Waals surface area contributed by atoms with Crippen molar-refractivity contribution in [3.05, 3.63) is 33.9 Å². The lowest BCUT2D eigenvalue weighted by atomic mass is 9.98. The number of hydrogen-bond donors (Lipinski definition) is 1. The summed E-state index contributed by atoms with van der Waals surface area (Å²) in [6, 6.07) is 4.10. The van der Waals surface area contributed by atoms with Crippen LogP contribution in [0.1, 0.15) is 49.9 Å². The van der Waals surface area contributed by atoms with Crippen LogP contribution in [0.25, 0.3) is 0 Å². The van der Waals surface area contributed by atoms with Crippen LogP contribution in [0.15, 0.2) is 18.2 Å². The molecule has 0 spiro atoms. The fourth-order valence-corrected chi connectivity index (χ4v) is 3.28. The van der Waals surface area contributed by atoms with Crippen LogP contribution in [-0.4, -0.2) is 55.6 Å². The second-order valence-corrected chi connectivity index (χ2v) is 7.46. The minimum atomic E-state index is -0.793. The number of nitrogens with zero attached hydrogens (tertiary/aromatic N) is 2. The monoisotopic (exact) mass is 435 g/mol. The second-order valence-electron chi connectivity index (χ2n) is 7.46. The molecule has 1 N–H and O–H groups in total. The molecule has 1 aliphatic rings. The molecule has 1 aromatic rings. The highest BCUT2D eigenvalue weighted by Gasteiger charge is 2.24. The number of benzene rings is 1. The van der Waals surface area contributed by atoms with Gasteiger partial charge in [0.1, 0.15) is 0 Å². The van der Waals surface area contributed by atoms with Crippen molar-refractivity contribution in [2.75, 3.05) is 37.7 Å². The molecule has 1 heterocycles. The maximum Gasteiger partial charge on any atom is 0.341 e. The minimum Gasteiger partial charge on any atom is -0.466 e. The summed E-state index contributed by atoms with van der Waals surface area (Å²) in [5.74, 6) is -1.07. The summed E-state index contributed by atoms with van der Waals surface area (Å²) in [7, 11) is 0. The Morgan fingerprint density at radius 2 is 1.94 bits per heavy atom. The van der Waals surface area contributed by atoms with E-state index in [9.17, 15) is 24.5 Å². The summed E-state index contributed by atoms with van der Waals surface area (Å²) < 4.78 is 9.90. The number of carbonyl (C=O) groups is 3. The molecule has 1 aliphatic heterocycles. The van der Waals surface area contributed by atoms with Crippen molar-refractivity contribution in [3.8, 4) is 0 Å². The molecular formula is C21H29N3O7. The summed E-state index contributed by atoms with van der Waals surface area (Å²) in [6.45, 7) is 5.37. The highest BCUT2D eigenvalue weighted by atomic mass is 16.6. The Morgan fingerprint density at radius 3 is 2.58 bits per heavy atom. The van der Waals surface area contributed by atoms with E-state index in [0.29, 0.717) is 24.6 Å². The lowest BCUT2D eigenvalue weighted by molar-refractivity contribution is -0.384. The molecule has 1 amide bonds. The Balaban J connectivity index is 1.94. The number of piperidine rings is 1. The van der Waals surface area contributed by atoms with Gasteiger partial charge in [0.2, 0.25) is 0 Å². The van der Waals surface area contributed by atoms with Crippen LogP contribution in [-0.2, 0) is 19.1 Å². The van der Waals surface area contributed by atoms with Gasteiger partial charge in [0.15, 0.2) is 6.61 Å². The smallest absolute Gasteiger partial charge is 0.341 e. The molecule has 1 aromatic carbocycles. The number of ether oxygens (including phenoxy) is 2. The summed E-state index contributed by atoms with van der Waals surface area (Å²) in [5.41, 5.74) is 0.417. The third kappa shape index (κ3) is 7.54. The number of non-ortho nitro benzene ring substituents is 1. The Labute approximate surface area is 181 Å². The quantitative estimate of drug-likeness (QED) is 0.257. The molecule has 1 fully saturated rings. The average molecular weight is 435 g/mol. The molecule has 10 nitrogen and oxygen atoms in total. The van der Waals surface area contributed by atoms with Crippen molar-refractivity contribution in [2.45, 2.75) is 39.5 Å². The molecule has 0 atom stereocenters. The Morgan fingerprint density at radius 1 is 1.23 bits per heavy atom. The number of hydrogen-bond acceptors (Lipinski definition) is 8. The standard InChI is InChI=1S/C21H29N3O7/c1-3-30-20(26)5-4-10-22-19(25)14-31-21(27)17-13-16(24(28)29)6-7-18(17)23-11-8-15(2)9-12-23/h6-7,13,15H,3-5,8-12,14H2,1-2H3,(H,22,25). The number of carbonyl (C=O) groups excluding carboxylic acids is 3. The van der Waals surface area contributed by atoms with Gasteiger partial charge in [-0.25, -0.2) is 4.79 Å². The molecule has 0 aliphatic carbocycles. The molecule has 10 heteroatoms. The second kappa shape index (κ2) is 11.9. The van der Waals surface area contributed by atoms with Gasteiger partial charge in [0.25, 0.3) is 11.6 Å². The van der Waals surface area contributed by atoms with Crippen molar-refractivity contribution >= 4 is 29.2 Å². The van der Waals surface area contributed by atoms with E-state index in [2.05, 4.69) is 12.2 Å². The Hall–Kier alpha value is -3.17. The Kier molecular flexibility index (Phi) is 9.23. The number of nitro groups is 1. The summed E-state index contributed by atoms with van der Waals surface area (Å²) in [4.78, 5) is 48.4. The average Bonchev–Trinajstić information content (AvgIpc) is 2.75. The highest BCUT2D eigenvalue weighted by Crippen LogP contribution is 2.29.